The van der Waals surface area contributed by atoms with Crippen LogP contribution < -0.4 is 10.5 Å². The zero-order chi connectivity index (χ0) is 15.3. The number of benzene rings is 1. The second-order valence-corrected chi connectivity index (χ2v) is 5.68. The Morgan fingerprint density at radius 3 is 2.30 bits per heavy atom. The second kappa shape index (κ2) is 6.44. The Morgan fingerprint density at radius 1 is 1.30 bits per heavy atom. The van der Waals surface area contributed by atoms with Crippen LogP contribution in [-0.4, -0.2) is 31.4 Å². The van der Waals surface area contributed by atoms with Gasteiger partial charge in [-0.05, 0) is 30.7 Å². The van der Waals surface area contributed by atoms with Gasteiger partial charge in [-0.3, -0.25) is 9.59 Å². The summed E-state index contributed by atoms with van der Waals surface area (Å²) in [4.78, 5) is 21.3. The number of sulfonamides is 1. The standard InChI is InChI=1S/C11H13FN2O5S/c12-7-1-3-8(4-2-7)20(18,19)14-9(11(16)17)5-6-10(13)15/h1-4,9,14H,5-6H2,(H2,13,15)(H,16,17)/t9-/m1/s1. The molecule has 0 fully saturated rings. The van der Waals surface area contributed by atoms with Gasteiger partial charge in [-0.25, -0.2) is 12.8 Å². The Hall–Kier alpha value is -2.00. The summed E-state index contributed by atoms with van der Waals surface area (Å²) in [6, 6.07) is 2.40. The lowest BCUT2D eigenvalue weighted by Gasteiger charge is -2.14. The molecular formula is C11H13FN2O5S. The fourth-order valence-corrected chi connectivity index (χ4v) is 2.61. The van der Waals surface area contributed by atoms with Crippen molar-refractivity contribution < 1.29 is 27.5 Å². The van der Waals surface area contributed by atoms with E-state index in [1.54, 1.807) is 0 Å². The number of nitrogens with one attached hydrogen (secondary N) is 1. The third-order valence-electron chi connectivity index (χ3n) is 2.40. The van der Waals surface area contributed by atoms with Crippen molar-refractivity contribution in [3.05, 3.63) is 30.1 Å². The smallest absolute Gasteiger partial charge is 0.321 e. The lowest BCUT2D eigenvalue weighted by atomic mass is 10.2. The van der Waals surface area contributed by atoms with Crippen LogP contribution in [0.5, 0.6) is 0 Å². The van der Waals surface area contributed by atoms with Crippen molar-refractivity contribution in [2.24, 2.45) is 5.73 Å². The summed E-state index contributed by atoms with van der Waals surface area (Å²) in [7, 11) is -4.12. The molecule has 0 spiro atoms. The van der Waals surface area contributed by atoms with E-state index >= 15 is 0 Å². The first-order chi connectivity index (χ1) is 9.22. The van der Waals surface area contributed by atoms with Crippen LogP contribution in [0, 0.1) is 5.82 Å². The number of halogens is 1. The maximum atomic E-state index is 12.7. The summed E-state index contributed by atoms with van der Waals surface area (Å²) >= 11 is 0. The van der Waals surface area contributed by atoms with Gasteiger partial charge in [0.05, 0.1) is 4.90 Å². The SMILES string of the molecule is NC(=O)CC[C@@H](NS(=O)(=O)c1ccc(F)cc1)C(=O)O. The second-order valence-electron chi connectivity index (χ2n) is 3.97. The Bertz CT molecular complexity index is 600. The molecule has 0 bridgehead atoms. The summed E-state index contributed by atoms with van der Waals surface area (Å²) in [6.45, 7) is 0. The van der Waals surface area contributed by atoms with Gasteiger partial charge in [-0.15, -0.1) is 0 Å². The number of carboxylic acid groups (broad SMARTS) is 1. The predicted molar refractivity (Wildman–Crippen MR) is 66.6 cm³/mol. The number of hydrogen-bond donors (Lipinski definition) is 3. The van der Waals surface area contributed by atoms with Crippen LogP contribution in [0.1, 0.15) is 12.8 Å². The average Bonchev–Trinajstić information content (AvgIpc) is 2.34. The fraction of sp³-hybridized carbons (Fsp3) is 0.273. The van der Waals surface area contributed by atoms with E-state index in [-0.39, 0.29) is 17.7 Å². The van der Waals surface area contributed by atoms with E-state index in [1.165, 1.54) is 0 Å². The summed E-state index contributed by atoms with van der Waals surface area (Å²) in [5, 5.41) is 8.90. The summed E-state index contributed by atoms with van der Waals surface area (Å²) < 4.78 is 38.4. The van der Waals surface area contributed by atoms with Crippen molar-refractivity contribution in [1.29, 1.82) is 0 Å². The first-order valence-electron chi connectivity index (χ1n) is 5.51. The number of nitrogens with two attached hydrogens (primary N) is 1. The molecule has 0 aliphatic heterocycles. The van der Waals surface area contributed by atoms with E-state index in [4.69, 9.17) is 10.8 Å². The van der Waals surface area contributed by atoms with Gasteiger partial charge in [0.15, 0.2) is 0 Å². The third kappa shape index (κ3) is 4.59. The van der Waals surface area contributed by atoms with Gasteiger partial charge in [0, 0.05) is 6.42 Å². The fourth-order valence-electron chi connectivity index (χ4n) is 1.39. The van der Waals surface area contributed by atoms with E-state index < -0.39 is 33.8 Å². The quantitative estimate of drug-likeness (QED) is 0.644. The number of carboxylic acids is 1. The number of rotatable bonds is 7. The lowest BCUT2D eigenvalue weighted by Crippen LogP contribution is -2.41. The van der Waals surface area contributed by atoms with Crippen molar-refractivity contribution in [3.63, 3.8) is 0 Å². The van der Waals surface area contributed by atoms with E-state index in [0.29, 0.717) is 0 Å². The molecule has 9 heteroatoms. The average molecular weight is 304 g/mol. The van der Waals surface area contributed by atoms with Crippen LogP contribution in [0.4, 0.5) is 4.39 Å². The van der Waals surface area contributed by atoms with E-state index in [1.807, 2.05) is 4.72 Å². The first-order valence-corrected chi connectivity index (χ1v) is 6.99. The molecule has 0 radical (unpaired) electrons. The maximum absolute atomic E-state index is 12.7. The number of carbonyl (C=O) groups excluding carboxylic acids is 1. The van der Waals surface area contributed by atoms with E-state index in [0.717, 1.165) is 24.3 Å². The van der Waals surface area contributed by atoms with Crippen molar-refractivity contribution in [1.82, 2.24) is 4.72 Å². The highest BCUT2D eigenvalue weighted by molar-refractivity contribution is 7.89. The molecule has 1 rings (SSSR count). The topological polar surface area (TPSA) is 127 Å². The van der Waals surface area contributed by atoms with Crippen LogP contribution in [0.15, 0.2) is 29.2 Å². The minimum Gasteiger partial charge on any atom is -0.480 e. The summed E-state index contributed by atoms with van der Waals surface area (Å²) in [5.41, 5.74) is 4.88. The number of aliphatic carboxylic acids is 1. The first kappa shape index (κ1) is 16.1. The minimum absolute atomic E-state index is 0.273. The number of primary amides is 1. The molecule has 4 N–H and O–H groups in total. The van der Waals surface area contributed by atoms with Crippen molar-refractivity contribution in [3.8, 4) is 0 Å². The molecular weight excluding hydrogens is 291 g/mol. The molecule has 0 aliphatic rings. The van der Waals surface area contributed by atoms with Gasteiger partial charge in [0.1, 0.15) is 11.9 Å². The summed E-state index contributed by atoms with van der Waals surface area (Å²) in [5.74, 6) is -2.79. The van der Waals surface area contributed by atoms with Crippen LogP contribution in [0.2, 0.25) is 0 Å². The normalized spacial score (nSPS) is 12.8. The Morgan fingerprint density at radius 2 is 1.85 bits per heavy atom. The molecule has 20 heavy (non-hydrogen) atoms. The maximum Gasteiger partial charge on any atom is 0.321 e. The third-order valence-corrected chi connectivity index (χ3v) is 3.89. The van der Waals surface area contributed by atoms with E-state index in [2.05, 4.69) is 0 Å². The molecule has 0 aromatic heterocycles. The highest BCUT2D eigenvalue weighted by Crippen LogP contribution is 2.11. The molecule has 0 saturated heterocycles. The van der Waals surface area contributed by atoms with Gasteiger partial charge < -0.3 is 10.8 Å². The predicted octanol–water partition coefficient (Wildman–Crippen LogP) is -0.177. The molecule has 0 unspecified atom stereocenters. The molecule has 1 aromatic rings. The van der Waals surface area contributed by atoms with Crippen molar-refractivity contribution >= 4 is 21.9 Å². The van der Waals surface area contributed by atoms with Gasteiger partial charge in [0.2, 0.25) is 15.9 Å². The van der Waals surface area contributed by atoms with Crippen LogP contribution in [-0.2, 0) is 19.6 Å². The van der Waals surface area contributed by atoms with Gasteiger partial charge >= 0.3 is 5.97 Å². The molecule has 1 atom stereocenters. The molecule has 7 nitrogen and oxygen atoms in total. The van der Waals surface area contributed by atoms with Crippen molar-refractivity contribution in [2.45, 2.75) is 23.8 Å². The van der Waals surface area contributed by atoms with Gasteiger partial charge in [0.25, 0.3) is 0 Å². The van der Waals surface area contributed by atoms with Crippen LogP contribution >= 0.6 is 0 Å². The molecule has 0 heterocycles. The number of carbonyl (C=O) groups is 2. The largest absolute Gasteiger partial charge is 0.480 e. The lowest BCUT2D eigenvalue weighted by molar-refractivity contribution is -0.139. The van der Waals surface area contributed by atoms with Crippen LogP contribution in [0.3, 0.4) is 0 Å². The van der Waals surface area contributed by atoms with Gasteiger partial charge in [-0.1, -0.05) is 0 Å². The number of amides is 1. The minimum atomic E-state index is -4.12. The zero-order valence-electron chi connectivity index (χ0n) is 10.2. The van der Waals surface area contributed by atoms with Crippen LogP contribution in [0.25, 0.3) is 0 Å². The molecule has 110 valence electrons. The molecule has 0 saturated carbocycles. The van der Waals surface area contributed by atoms with Crippen molar-refractivity contribution in [2.75, 3.05) is 0 Å². The Kier molecular flexibility index (Phi) is 5.17. The van der Waals surface area contributed by atoms with E-state index in [9.17, 15) is 22.4 Å². The molecule has 1 amide bonds. The Labute approximate surface area is 114 Å². The highest BCUT2D eigenvalue weighted by atomic mass is 32.2. The number of hydrogen-bond acceptors (Lipinski definition) is 4. The zero-order valence-corrected chi connectivity index (χ0v) is 11.1. The summed E-state index contributed by atoms with van der Waals surface area (Å²) in [6.07, 6.45) is -0.548. The van der Waals surface area contributed by atoms with Gasteiger partial charge in [-0.2, -0.15) is 4.72 Å². The monoisotopic (exact) mass is 304 g/mol. The highest BCUT2D eigenvalue weighted by Gasteiger charge is 2.25. The molecule has 0 aliphatic carbocycles. The molecule has 1 aromatic carbocycles. The Balaban J connectivity index is 2.88.